The Bertz CT molecular complexity index is 231. The molecule has 2 N–H and O–H groups in total. The fraction of sp³-hybridized carbons (Fsp3) is 0.923. The number of hydrogen-bond acceptors (Lipinski definition) is 3. The van der Waals surface area contributed by atoms with Crippen LogP contribution in [0.4, 0.5) is 0 Å². The van der Waals surface area contributed by atoms with E-state index in [1.807, 2.05) is 11.8 Å². The van der Waals surface area contributed by atoms with Crippen molar-refractivity contribution in [3.63, 3.8) is 0 Å². The molecule has 1 saturated heterocycles. The van der Waals surface area contributed by atoms with Gasteiger partial charge in [-0.05, 0) is 13.3 Å². The lowest BCUT2D eigenvalue weighted by atomic mass is 10.1. The Hall–Kier alpha value is -0.610. The summed E-state index contributed by atoms with van der Waals surface area (Å²) in [7, 11) is 0. The molecule has 1 fully saturated rings. The molecular weight excluding hydrogens is 216 g/mol. The molecule has 0 saturated carbocycles. The van der Waals surface area contributed by atoms with E-state index in [0.29, 0.717) is 19.6 Å². The van der Waals surface area contributed by atoms with Gasteiger partial charge in [-0.25, -0.2) is 0 Å². The van der Waals surface area contributed by atoms with E-state index in [0.717, 1.165) is 19.4 Å². The van der Waals surface area contributed by atoms with Crippen molar-refractivity contribution in [3.8, 4) is 0 Å². The number of amides is 1. The summed E-state index contributed by atoms with van der Waals surface area (Å²) in [5.41, 5.74) is 5.81. The normalized spacial score (nSPS) is 22.5. The lowest BCUT2D eigenvalue weighted by molar-refractivity contribution is -0.139. The maximum absolute atomic E-state index is 12.0. The molecule has 1 amide bonds. The van der Waals surface area contributed by atoms with Gasteiger partial charge in [0, 0.05) is 25.6 Å². The molecule has 2 unspecified atom stereocenters. The van der Waals surface area contributed by atoms with E-state index in [1.165, 1.54) is 12.8 Å². The van der Waals surface area contributed by atoms with Gasteiger partial charge in [-0.15, -0.1) is 0 Å². The third kappa shape index (κ3) is 5.04. The Labute approximate surface area is 104 Å². The van der Waals surface area contributed by atoms with Crippen LogP contribution in [0.2, 0.25) is 0 Å². The summed E-state index contributed by atoms with van der Waals surface area (Å²) in [5.74, 6) is 0.259. The van der Waals surface area contributed by atoms with Crippen LogP contribution in [0, 0.1) is 0 Å². The third-order valence-corrected chi connectivity index (χ3v) is 3.28. The van der Waals surface area contributed by atoms with Crippen LogP contribution in [0.15, 0.2) is 0 Å². The lowest BCUT2D eigenvalue weighted by Gasteiger charge is -2.34. The van der Waals surface area contributed by atoms with Crippen molar-refractivity contribution >= 4 is 5.91 Å². The molecule has 1 aliphatic heterocycles. The van der Waals surface area contributed by atoms with E-state index in [4.69, 9.17) is 10.5 Å². The van der Waals surface area contributed by atoms with Crippen molar-refractivity contribution in [3.05, 3.63) is 0 Å². The van der Waals surface area contributed by atoms with Gasteiger partial charge >= 0.3 is 0 Å². The van der Waals surface area contributed by atoms with E-state index in [9.17, 15) is 4.79 Å². The van der Waals surface area contributed by atoms with Gasteiger partial charge in [-0.2, -0.15) is 0 Å². The predicted molar refractivity (Wildman–Crippen MR) is 68.7 cm³/mol. The standard InChI is InChI=1S/C13H26N2O2/c1-3-4-5-6-7-13(16)15-8-9-17-12(10-15)11(2)14/h11-12H,3-10,14H2,1-2H3. The van der Waals surface area contributed by atoms with Crippen molar-refractivity contribution in [2.45, 2.75) is 58.1 Å². The number of nitrogens with two attached hydrogens (primary N) is 1. The van der Waals surface area contributed by atoms with Gasteiger partial charge < -0.3 is 15.4 Å². The van der Waals surface area contributed by atoms with Gasteiger partial charge in [0.15, 0.2) is 0 Å². The van der Waals surface area contributed by atoms with Crippen LogP contribution in [0.3, 0.4) is 0 Å². The molecule has 0 radical (unpaired) electrons. The number of rotatable bonds is 6. The van der Waals surface area contributed by atoms with E-state index in [1.54, 1.807) is 0 Å². The third-order valence-electron chi connectivity index (χ3n) is 3.28. The molecule has 0 spiro atoms. The molecule has 4 nitrogen and oxygen atoms in total. The summed E-state index contributed by atoms with van der Waals surface area (Å²) >= 11 is 0. The van der Waals surface area contributed by atoms with E-state index < -0.39 is 0 Å². The summed E-state index contributed by atoms with van der Waals surface area (Å²) < 4.78 is 5.54. The zero-order valence-electron chi connectivity index (χ0n) is 11.2. The number of carbonyl (C=O) groups is 1. The van der Waals surface area contributed by atoms with Crippen molar-refractivity contribution in [1.82, 2.24) is 4.90 Å². The average molecular weight is 242 g/mol. The number of morpholine rings is 1. The van der Waals surface area contributed by atoms with Gasteiger partial charge in [0.1, 0.15) is 0 Å². The van der Waals surface area contributed by atoms with E-state index in [-0.39, 0.29) is 18.1 Å². The van der Waals surface area contributed by atoms with Crippen LogP contribution in [-0.2, 0) is 9.53 Å². The highest BCUT2D eigenvalue weighted by molar-refractivity contribution is 5.76. The quantitative estimate of drug-likeness (QED) is 0.719. The molecule has 4 heteroatoms. The summed E-state index contributed by atoms with van der Waals surface area (Å²) in [6.07, 6.45) is 5.27. The molecule has 1 heterocycles. The Kier molecular flexibility index (Phi) is 6.52. The predicted octanol–water partition coefficient (Wildman–Crippen LogP) is 1.53. The van der Waals surface area contributed by atoms with Gasteiger partial charge in [-0.1, -0.05) is 26.2 Å². The number of hydrogen-bond donors (Lipinski definition) is 1. The Balaban J connectivity index is 2.26. The fourth-order valence-electron chi connectivity index (χ4n) is 2.08. The van der Waals surface area contributed by atoms with Gasteiger partial charge in [0.05, 0.1) is 12.7 Å². The first-order valence-electron chi connectivity index (χ1n) is 6.80. The van der Waals surface area contributed by atoms with Crippen LogP contribution in [0.1, 0.15) is 46.0 Å². The first kappa shape index (κ1) is 14.5. The molecule has 2 atom stereocenters. The van der Waals surface area contributed by atoms with Crippen molar-refractivity contribution < 1.29 is 9.53 Å². The minimum absolute atomic E-state index is 0.00309. The second-order valence-corrected chi connectivity index (χ2v) is 4.92. The first-order chi connectivity index (χ1) is 8.15. The van der Waals surface area contributed by atoms with Gasteiger partial charge in [0.2, 0.25) is 5.91 Å². The molecule has 0 aromatic carbocycles. The molecule has 0 aliphatic carbocycles. The van der Waals surface area contributed by atoms with Crippen molar-refractivity contribution in [2.24, 2.45) is 5.73 Å². The Morgan fingerprint density at radius 3 is 2.88 bits per heavy atom. The molecule has 100 valence electrons. The van der Waals surface area contributed by atoms with Crippen LogP contribution >= 0.6 is 0 Å². The maximum atomic E-state index is 12.0. The highest BCUT2D eigenvalue weighted by atomic mass is 16.5. The smallest absolute Gasteiger partial charge is 0.222 e. The van der Waals surface area contributed by atoms with Gasteiger partial charge in [0.25, 0.3) is 0 Å². The molecule has 0 bridgehead atoms. The van der Waals surface area contributed by atoms with Crippen molar-refractivity contribution in [1.29, 1.82) is 0 Å². The fourth-order valence-corrected chi connectivity index (χ4v) is 2.08. The minimum Gasteiger partial charge on any atom is -0.373 e. The summed E-state index contributed by atoms with van der Waals surface area (Å²) in [6, 6.07) is -0.00862. The summed E-state index contributed by atoms with van der Waals surface area (Å²) in [4.78, 5) is 13.9. The lowest BCUT2D eigenvalue weighted by Crippen LogP contribution is -2.51. The monoisotopic (exact) mass is 242 g/mol. The zero-order valence-corrected chi connectivity index (χ0v) is 11.2. The highest BCUT2D eigenvalue weighted by Gasteiger charge is 2.25. The van der Waals surface area contributed by atoms with Crippen molar-refractivity contribution in [2.75, 3.05) is 19.7 Å². The second-order valence-electron chi connectivity index (χ2n) is 4.92. The molecule has 0 aromatic heterocycles. The second kappa shape index (κ2) is 7.67. The molecule has 1 aliphatic rings. The van der Waals surface area contributed by atoms with E-state index >= 15 is 0 Å². The van der Waals surface area contributed by atoms with Gasteiger partial charge in [-0.3, -0.25) is 4.79 Å². The number of ether oxygens (including phenoxy) is 1. The van der Waals surface area contributed by atoms with Crippen LogP contribution in [-0.4, -0.2) is 42.6 Å². The highest BCUT2D eigenvalue weighted by Crippen LogP contribution is 2.11. The van der Waals surface area contributed by atoms with Crippen LogP contribution in [0.25, 0.3) is 0 Å². The number of unbranched alkanes of at least 4 members (excludes halogenated alkanes) is 3. The largest absolute Gasteiger partial charge is 0.373 e. The van der Waals surface area contributed by atoms with Crippen LogP contribution < -0.4 is 5.73 Å². The minimum atomic E-state index is -0.00862. The topological polar surface area (TPSA) is 55.6 Å². The number of nitrogens with zero attached hydrogens (tertiary/aromatic N) is 1. The van der Waals surface area contributed by atoms with Crippen LogP contribution in [0.5, 0.6) is 0 Å². The summed E-state index contributed by atoms with van der Waals surface area (Å²) in [5, 5.41) is 0. The maximum Gasteiger partial charge on any atom is 0.222 e. The average Bonchev–Trinajstić information content (AvgIpc) is 2.34. The molecular formula is C13H26N2O2. The first-order valence-corrected chi connectivity index (χ1v) is 6.80. The Morgan fingerprint density at radius 2 is 2.24 bits per heavy atom. The zero-order chi connectivity index (χ0) is 12.7. The SMILES string of the molecule is CCCCCCC(=O)N1CCOC(C(C)N)C1. The number of carbonyl (C=O) groups excluding carboxylic acids is 1. The summed E-state index contributed by atoms with van der Waals surface area (Å²) in [6.45, 7) is 6.10. The van der Waals surface area contributed by atoms with E-state index in [2.05, 4.69) is 6.92 Å². The molecule has 17 heavy (non-hydrogen) atoms. The molecule has 0 aromatic rings. The molecule has 1 rings (SSSR count). The Morgan fingerprint density at radius 1 is 1.47 bits per heavy atom.